The normalized spacial score (nSPS) is 11.1. The highest BCUT2D eigenvalue weighted by Gasteiger charge is 2.03. The van der Waals surface area contributed by atoms with Crippen molar-refractivity contribution in [3.63, 3.8) is 0 Å². The molecule has 0 saturated heterocycles. The third-order valence-electron chi connectivity index (χ3n) is 1.61. The second kappa shape index (κ2) is 10.9. The van der Waals surface area contributed by atoms with E-state index in [0.717, 1.165) is 13.0 Å². The van der Waals surface area contributed by atoms with Gasteiger partial charge in [-0.2, -0.15) is 0 Å². The molecule has 0 aromatic heterocycles. The molecule has 14 heavy (non-hydrogen) atoms. The van der Waals surface area contributed by atoms with Gasteiger partial charge in [0.25, 0.3) is 0 Å². The summed E-state index contributed by atoms with van der Waals surface area (Å²) >= 11 is 0. The van der Waals surface area contributed by atoms with Gasteiger partial charge in [0.05, 0.1) is 26.4 Å². The van der Waals surface area contributed by atoms with E-state index in [0.29, 0.717) is 26.4 Å². The first-order valence-electron chi connectivity index (χ1n) is 5.46. The SMILES string of the molecule is CCCCOCCN(OCC)OCC. The summed E-state index contributed by atoms with van der Waals surface area (Å²) in [7, 11) is 0. The number of hydrogen-bond donors (Lipinski definition) is 0. The van der Waals surface area contributed by atoms with Gasteiger partial charge >= 0.3 is 0 Å². The number of rotatable bonds is 10. The summed E-state index contributed by atoms with van der Waals surface area (Å²) in [4.78, 5) is 10.4. The van der Waals surface area contributed by atoms with E-state index in [-0.39, 0.29) is 0 Å². The van der Waals surface area contributed by atoms with Crippen molar-refractivity contribution in [2.75, 3.05) is 33.0 Å². The van der Waals surface area contributed by atoms with Crippen molar-refractivity contribution in [3.05, 3.63) is 0 Å². The molecule has 0 heterocycles. The molecular weight excluding hydrogens is 182 g/mol. The maximum Gasteiger partial charge on any atom is 0.0751 e. The van der Waals surface area contributed by atoms with Crippen LogP contribution in [0.5, 0.6) is 0 Å². The van der Waals surface area contributed by atoms with E-state index in [1.807, 2.05) is 13.8 Å². The Morgan fingerprint density at radius 3 is 2.07 bits per heavy atom. The van der Waals surface area contributed by atoms with Crippen LogP contribution >= 0.6 is 0 Å². The molecule has 0 amide bonds. The molecule has 0 aliphatic heterocycles. The highest BCUT2D eigenvalue weighted by molar-refractivity contribution is 4.35. The molecule has 0 rings (SSSR count). The van der Waals surface area contributed by atoms with Crippen molar-refractivity contribution >= 4 is 0 Å². The second-order valence-corrected chi connectivity index (χ2v) is 2.86. The summed E-state index contributed by atoms with van der Waals surface area (Å²) in [5.41, 5.74) is 0. The standard InChI is InChI=1S/C10H23NO3/c1-4-7-9-12-10-8-11(13-5-2)14-6-3/h4-10H2,1-3H3. The molecule has 0 aromatic rings. The van der Waals surface area contributed by atoms with Gasteiger partial charge in [-0.25, -0.2) is 0 Å². The average molecular weight is 205 g/mol. The van der Waals surface area contributed by atoms with Gasteiger partial charge in [0.15, 0.2) is 0 Å². The third-order valence-corrected chi connectivity index (χ3v) is 1.61. The molecule has 0 unspecified atom stereocenters. The summed E-state index contributed by atoms with van der Waals surface area (Å²) in [6.45, 7) is 9.39. The van der Waals surface area contributed by atoms with Crippen molar-refractivity contribution in [2.24, 2.45) is 0 Å². The highest BCUT2D eigenvalue weighted by Crippen LogP contribution is 1.94. The zero-order valence-electron chi connectivity index (χ0n) is 9.62. The van der Waals surface area contributed by atoms with Crippen LogP contribution in [0.2, 0.25) is 0 Å². The number of ether oxygens (including phenoxy) is 1. The molecule has 0 bridgehead atoms. The van der Waals surface area contributed by atoms with E-state index in [4.69, 9.17) is 14.4 Å². The fourth-order valence-corrected chi connectivity index (χ4v) is 0.942. The second-order valence-electron chi connectivity index (χ2n) is 2.86. The Bertz CT molecular complexity index is 106. The Morgan fingerprint density at radius 1 is 0.929 bits per heavy atom. The van der Waals surface area contributed by atoms with E-state index >= 15 is 0 Å². The van der Waals surface area contributed by atoms with Crippen LogP contribution in [-0.4, -0.2) is 38.2 Å². The lowest BCUT2D eigenvalue weighted by Gasteiger charge is -2.19. The van der Waals surface area contributed by atoms with Gasteiger partial charge in [0, 0.05) is 6.61 Å². The number of hydroxylamine groups is 2. The van der Waals surface area contributed by atoms with Gasteiger partial charge in [-0.3, -0.25) is 9.68 Å². The quantitative estimate of drug-likeness (QED) is 0.403. The van der Waals surface area contributed by atoms with E-state index in [1.165, 1.54) is 11.6 Å². The molecule has 0 aliphatic rings. The predicted octanol–water partition coefficient (Wildman–Crippen LogP) is 2.01. The van der Waals surface area contributed by atoms with Crippen LogP contribution < -0.4 is 0 Å². The van der Waals surface area contributed by atoms with Gasteiger partial charge in [-0.1, -0.05) is 18.6 Å². The number of nitrogens with zero attached hydrogens (tertiary/aromatic N) is 1. The molecule has 0 radical (unpaired) electrons. The first-order chi connectivity index (χ1) is 6.85. The van der Waals surface area contributed by atoms with E-state index in [1.54, 1.807) is 0 Å². The van der Waals surface area contributed by atoms with Crippen molar-refractivity contribution in [1.29, 1.82) is 0 Å². The molecule has 0 saturated carbocycles. The van der Waals surface area contributed by atoms with Crippen molar-refractivity contribution in [1.82, 2.24) is 5.23 Å². The van der Waals surface area contributed by atoms with Gasteiger partial charge in [0.1, 0.15) is 0 Å². The maximum absolute atomic E-state index is 5.40. The Morgan fingerprint density at radius 2 is 1.57 bits per heavy atom. The van der Waals surface area contributed by atoms with Gasteiger partial charge in [0.2, 0.25) is 0 Å². The smallest absolute Gasteiger partial charge is 0.0751 e. The Kier molecular flexibility index (Phi) is 10.8. The topological polar surface area (TPSA) is 30.9 Å². The van der Waals surface area contributed by atoms with Gasteiger partial charge in [-0.05, 0) is 20.3 Å². The summed E-state index contributed by atoms with van der Waals surface area (Å²) in [6.07, 6.45) is 2.28. The minimum Gasteiger partial charge on any atom is -0.380 e. The first kappa shape index (κ1) is 13.8. The van der Waals surface area contributed by atoms with E-state index < -0.39 is 0 Å². The molecule has 0 spiro atoms. The lowest BCUT2D eigenvalue weighted by Crippen LogP contribution is -2.28. The molecule has 4 heteroatoms. The van der Waals surface area contributed by atoms with Crippen LogP contribution in [0, 0.1) is 0 Å². The molecule has 0 atom stereocenters. The molecular formula is C10H23NO3. The molecule has 0 fully saturated rings. The largest absolute Gasteiger partial charge is 0.380 e. The van der Waals surface area contributed by atoms with Crippen LogP contribution in [0.3, 0.4) is 0 Å². The van der Waals surface area contributed by atoms with Crippen molar-refractivity contribution in [2.45, 2.75) is 33.6 Å². The van der Waals surface area contributed by atoms with Crippen LogP contribution in [0.15, 0.2) is 0 Å². The Labute approximate surface area is 87.0 Å². The molecule has 0 N–H and O–H groups in total. The third kappa shape index (κ3) is 8.44. The fourth-order valence-electron chi connectivity index (χ4n) is 0.942. The van der Waals surface area contributed by atoms with Crippen molar-refractivity contribution < 1.29 is 14.4 Å². The van der Waals surface area contributed by atoms with Crippen molar-refractivity contribution in [3.8, 4) is 0 Å². The lowest BCUT2D eigenvalue weighted by molar-refractivity contribution is -0.367. The molecule has 0 aromatic carbocycles. The van der Waals surface area contributed by atoms with E-state index in [2.05, 4.69) is 6.92 Å². The van der Waals surface area contributed by atoms with E-state index in [9.17, 15) is 0 Å². The zero-order valence-corrected chi connectivity index (χ0v) is 9.62. The molecule has 4 nitrogen and oxygen atoms in total. The predicted molar refractivity (Wildman–Crippen MR) is 55.7 cm³/mol. The summed E-state index contributed by atoms with van der Waals surface area (Å²) < 4.78 is 5.40. The minimum atomic E-state index is 0.620. The average Bonchev–Trinajstić information content (AvgIpc) is 2.18. The zero-order chi connectivity index (χ0) is 10.6. The first-order valence-corrected chi connectivity index (χ1v) is 5.46. The van der Waals surface area contributed by atoms with Crippen LogP contribution in [0.4, 0.5) is 0 Å². The summed E-state index contributed by atoms with van der Waals surface area (Å²) in [5.74, 6) is 0. The minimum absolute atomic E-state index is 0.620. The van der Waals surface area contributed by atoms with Gasteiger partial charge in [-0.15, -0.1) is 0 Å². The van der Waals surface area contributed by atoms with Gasteiger partial charge < -0.3 is 4.74 Å². The maximum atomic E-state index is 5.40. The van der Waals surface area contributed by atoms with Crippen LogP contribution in [0.1, 0.15) is 33.6 Å². The molecule has 86 valence electrons. The highest BCUT2D eigenvalue weighted by atomic mass is 16.9. The molecule has 0 aliphatic carbocycles. The Balaban J connectivity index is 3.30. The number of hydrogen-bond acceptors (Lipinski definition) is 4. The summed E-state index contributed by atoms with van der Waals surface area (Å²) in [5, 5.41) is 1.49. The Hall–Kier alpha value is -0.160. The van der Waals surface area contributed by atoms with Crippen LogP contribution in [-0.2, 0) is 14.4 Å². The fraction of sp³-hybridized carbons (Fsp3) is 1.00. The monoisotopic (exact) mass is 205 g/mol. The lowest BCUT2D eigenvalue weighted by atomic mass is 10.4. The number of unbranched alkanes of at least 4 members (excludes halogenated alkanes) is 1. The summed E-state index contributed by atoms with van der Waals surface area (Å²) in [6, 6.07) is 0. The van der Waals surface area contributed by atoms with Crippen LogP contribution in [0.25, 0.3) is 0 Å².